The summed E-state index contributed by atoms with van der Waals surface area (Å²) in [5.74, 6) is 0.907. The number of urea groups is 1. The number of carbonyl (C=O) groups excluding carboxylic acids is 1. The second-order valence-electron chi connectivity index (χ2n) is 7.41. The maximum atomic E-state index is 12.6. The van der Waals surface area contributed by atoms with Gasteiger partial charge in [-0.25, -0.2) is 4.79 Å². The van der Waals surface area contributed by atoms with E-state index in [-0.39, 0.29) is 24.2 Å². The molecule has 0 unspecified atom stereocenters. The third-order valence-corrected chi connectivity index (χ3v) is 5.62. The molecular formula is C19H27N7O. The lowest BCUT2D eigenvalue weighted by Crippen LogP contribution is -2.52. The highest BCUT2D eigenvalue weighted by molar-refractivity contribution is 5.74. The molecule has 2 aromatic rings. The second kappa shape index (κ2) is 8.37. The number of aromatic nitrogens is 4. The van der Waals surface area contributed by atoms with E-state index in [4.69, 9.17) is 0 Å². The highest BCUT2D eigenvalue weighted by Crippen LogP contribution is 2.28. The Kier molecular flexibility index (Phi) is 5.50. The number of hydrogen-bond acceptors (Lipinski definition) is 5. The number of amides is 2. The van der Waals surface area contributed by atoms with Crippen LogP contribution in [-0.2, 0) is 0 Å². The van der Waals surface area contributed by atoms with Crippen molar-refractivity contribution in [1.82, 2.24) is 30.6 Å². The fourth-order valence-corrected chi connectivity index (χ4v) is 4.18. The van der Waals surface area contributed by atoms with E-state index < -0.39 is 0 Å². The highest BCUT2D eigenvalue weighted by atomic mass is 16.2. The standard InChI is InChI=1S/C19H27N7O/c27-19(23-16-5-1-2-6-17(16)26-12-4-11-21-26)22-15-8-13-25(14-9-15)18-7-3-10-20-24-18/h3-4,7,10-12,15-17H,1-2,5-6,8-9,13-14H2,(H2,22,23,27)/t16-,17+/m1/s1. The molecule has 1 aliphatic heterocycles. The molecular weight excluding hydrogens is 342 g/mol. The molecule has 2 aromatic heterocycles. The summed E-state index contributed by atoms with van der Waals surface area (Å²) in [6, 6.07) is 6.35. The van der Waals surface area contributed by atoms with E-state index >= 15 is 0 Å². The summed E-state index contributed by atoms with van der Waals surface area (Å²) < 4.78 is 1.99. The molecule has 2 aliphatic rings. The van der Waals surface area contributed by atoms with Gasteiger partial charge in [0, 0.05) is 37.7 Å². The first-order valence-corrected chi connectivity index (χ1v) is 9.88. The molecule has 1 saturated heterocycles. The molecule has 2 N–H and O–H groups in total. The monoisotopic (exact) mass is 369 g/mol. The van der Waals surface area contributed by atoms with Crippen LogP contribution in [0.3, 0.4) is 0 Å². The van der Waals surface area contributed by atoms with Crippen LogP contribution in [0, 0.1) is 0 Å². The van der Waals surface area contributed by atoms with Gasteiger partial charge < -0.3 is 15.5 Å². The third kappa shape index (κ3) is 4.37. The number of piperidine rings is 1. The van der Waals surface area contributed by atoms with Crippen LogP contribution >= 0.6 is 0 Å². The topological polar surface area (TPSA) is 88.0 Å². The lowest BCUT2D eigenvalue weighted by Gasteiger charge is -2.35. The van der Waals surface area contributed by atoms with Gasteiger partial charge in [-0.15, -0.1) is 5.10 Å². The molecule has 8 nitrogen and oxygen atoms in total. The molecule has 8 heteroatoms. The Balaban J connectivity index is 1.27. The molecule has 4 rings (SSSR count). The van der Waals surface area contributed by atoms with Crippen LogP contribution in [0.4, 0.5) is 10.6 Å². The number of nitrogens with one attached hydrogen (secondary N) is 2. The van der Waals surface area contributed by atoms with Crippen molar-refractivity contribution in [2.75, 3.05) is 18.0 Å². The van der Waals surface area contributed by atoms with E-state index in [2.05, 4.69) is 30.8 Å². The van der Waals surface area contributed by atoms with Gasteiger partial charge in [0.25, 0.3) is 0 Å². The van der Waals surface area contributed by atoms with E-state index in [0.29, 0.717) is 0 Å². The molecule has 0 aromatic carbocycles. The molecule has 2 atom stereocenters. The molecule has 1 saturated carbocycles. The molecule has 2 amide bonds. The Morgan fingerprint density at radius 2 is 1.89 bits per heavy atom. The first-order valence-electron chi connectivity index (χ1n) is 9.88. The van der Waals surface area contributed by atoms with E-state index in [9.17, 15) is 4.79 Å². The number of carbonyl (C=O) groups is 1. The van der Waals surface area contributed by atoms with Crippen LogP contribution in [0.25, 0.3) is 0 Å². The zero-order chi connectivity index (χ0) is 18.5. The van der Waals surface area contributed by atoms with Crippen LogP contribution in [0.2, 0.25) is 0 Å². The Bertz CT molecular complexity index is 713. The molecule has 27 heavy (non-hydrogen) atoms. The summed E-state index contributed by atoms with van der Waals surface area (Å²) in [6.45, 7) is 1.76. The predicted octanol–water partition coefficient (Wildman–Crippen LogP) is 2.12. The molecule has 0 spiro atoms. The minimum absolute atomic E-state index is 0.0583. The van der Waals surface area contributed by atoms with Crippen molar-refractivity contribution >= 4 is 11.8 Å². The van der Waals surface area contributed by atoms with E-state index in [1.165, 1.54) is 6.42 Å². The summed E-state index contributed by atoms with van der Waals surface area (Å²) >= 11 is 0. The van der Waals surface area contributed by atoms with Crippen molar-refractivity contribution in [2.24, 2.45) is 0 Å². The van der Waals surface area contributed by atoms with E-state index in [1.807, 2.05) is 29.1 Å². The smallest absolute Gasteiger partial charge is 0.315 e. The predicted molar refractivity (Wildman–Crippen MR) is 102 cm³/mol. The molecule has 1 aliphatic carbocycles. The lowest BCUT2D eigenvalue weighted by molar-refractivity contribution is 0.209. The van der Waals surface area contributed by atoms with Gasteiger partial charge in [-0.2, -0.15) is 10.2 Å². The first-order chi connectivity index (χ1) is 13.3. The summed E-state index contributed by atoms with van der Waals surface area (Å²) in [5, 5.41) is 18.8. The van der Waals surface area contributed by atoms with Crippen molar-refractivity contribution in [2.45, 2.75) is 56.7 Å². The molecule has 2 fully saturated rings. The maximum Gasteiger partial charge on any atom is 0.315 e. The fourth-order valence-electron chi connectivity index (χ4n) is 4.18. The van der Waals surface area contributed by atoms with Crippen molar-refractivity contribution in [1.29, 1.82) is 0 Å². The Morgan fingerprint density at radius 1 is 1.04 bits per heavy atom. The zero-order valence-corrected chi connectivity index (χ0v) is 15.5. The second-order valence-corrected chi connectivity index (χ2v) is 7.41. The van der Waals surface area contributed by atoms with E-state index in [0.717, 1.165) is 51.0 Å². The van der Waals surface area contributed by atoms with Gasteiger partial charge in [0.2, 0.25) is 0 Å². The Morgan fingerprint density at radius 3 is 2.63 bits per heavy atom. The van der Waals surface area contributed by atoms with Crippen molar-refractivity contribution in [3.63, 3.8) is 0 Å². The zero-order valence-electron chi connectivity index (χ0n) is 15.5. The number of hydrogen-bond donors (Lipinski definition) is 2. The van der Waals surface area contributed by atoms with E-state index in [1.54, 1.807) is 12.4 Å². The minimum atomic E-state index is -0.0583. The van der Waals surface area contributed by atoms with Crippen LogP contribution in [0.1, 0.15) is 44.6 Å². The molecule has 3 heterocycles. The maximum absolute atomic E-state index is 12.6. The summed E-state index contributed by atoms with van der Waals surface area (Å²) in [5.41, 5.74) is 0. The first kappa shape index (κ1) is 17.8. The van der Waals surface area contributed by atoms with Gasteiger partial charge in [-0.05, 0) is 43.9 Å². The summed E-state index contributed by atoms with van der Waals surface area (Å²) in [4.78, 5) is 14.8. The van der Waals surface area contributed by atoms with Gasteiger partial charge in [-0.1, -0.05) is 12.8 Å². The van der Waals surface area contributed by atoms with Gasteiger partial charge in [0.1, 0.15) is 0 Å². The summed E-state index contributed by atoms with van der Waals surface area (Å²) in [7, 11) is 0. The van der Waals surface area contributed by atoms with Gasteiger partial charge in [0.05, 0.1) is 12.1 Å². The van der Waals surface area contributed by atoms with Crippen molar-refractivity contribution in [3.8, 4) is 0 Å². The fraction of sp³-hybridized carbons (Fsp3) is 0.579. The normalized spacial score (nSPS) is 23.8. The molecule has 0 bridgehead atoms. The number of rotatable bonds is 4. The van der Waals surface area contributed by atoms with Crippen LogP contribution in [0.15, 0.2) is 36.8 Å². The highest BCUT2D eigenvalue weighted by Gasteiger charge is 2.29. The largest absolute Gasteiger partial charge is 0.355 e. The SMILES string of the molecule is O=C(NC1CCN(c2cccnn2)CC1)N[C@@H]1CCCC[C@@H]1n1cccn1. The van der Waals surface area contributed by atoms with Crippen LogP contribution in [0.5, 0.6) is 0 Å². The van der Waals surface area contributed by atoms with Gasteiger partial charge in [-0.3, -0.25) is 4.68 Å². The number of anilines is 1. The average Bonchev–Trinajstić information content (AvgIpc) is 3.24. The summed E-state index contributed by atoms with van der Waals surface area (Å²) in [6.07, 6.45) is 11.7. The number of nitrogens with zero attached hydrogens (tertiary/aromatic N) is 5. The van der Waals surface area contributed by atoms with Crippen LogP contribution < -0.4 is 15.5 Å². The third-order valence-electron chi connectivity index (χ3n) is 5.62. The van der Waals surface area contributed by atoms with Crippen molar-refractivity contribution in [3.05, 3.63) is 36.8 Å². The molecule has 0 radical (unpaired) electrons. The quantitative estimate of drug-likeness (QED) is 0.862. The van der Waals surface area contributed by atoms with Gasteiger partial charge in [0.15, 0.2) is 5.82 Å². The van der Waals surface area contributed by atoms with Crippen LogP contribution in [-0.4, -0.2) is 51.2 Å². The Labute approximate surface area is 159 Å². The van der Waals surface area contributed by atoms with Gasteiger partial charge >= 0.3 is 6.03 Å². The average molecular weight is 369 g/mol. The molecule has 144 valence electrons. The Hall–Kier alpha value is -2.64. The minimum Gasteiger partial charge on any atom is -0.355 e. The van der Waals surface area contributed by atoms with Crippen molar-refractivity contribution < 1.29 is 4.79 Å². The lowest BCUT2D eigenvalue weighted by atomic mass is 9.90.